The minimum Gasteiger partial charge on any atom is -0.305 e. The van der Waals surface area contributed by atoms with Gasteiger partial charge >= 0.3 is 0 Å². The molecule has 1 aromatic rings. The number of rotatable bonds is 9. The third kappa shape index (κ3) is 6.62. The lowest BCUT2D eigenvalue weighted by Gasteiger charge is -2.22. The Hall–Kier alpha value is -0.870. The second-order valence-electron chi connectivity index (χ2n) is 7.06. The first-order chi connectivity index (χ1) is 9.79. The van der Waals surface area contributed by atoms with E-state index >= 15 is 0 Å². The summed E-state index contributed by atoms with van der Waals surface area (Å²) in [6.07, 6.45) is 1.28. The van der Waals surface area contributed by atoms with Crippen LogP contribution in [0.25, 0.3) is 0 Å². The van der Waals surface area contributed by atoms with E-state index in [1.165, 1.54) is 24.4 Å². The molecule has 0 aromatic carbocycles. The maximum Gasteiger partial charge on any atom is 0.0767 e. The van der Waals surface area contributed by atoms with Gasteiger partial charge in [0.15, 0.2) is 0 Å². The van der Waals surface area contributed by atoms with E-state index in [1.54, 1.807) is 0 Å². The van der Waals surface area contributed by atoms with Gasteiger partial charge in [-0.25, -0.2) is 0 Å². The molecule has 21 heavy (non-hydrogen) atoms. The van der Waals surface area contributed by atoms with Gasteiger partial charge in [-0.05, 0) is 45.0 Å². The Kier molecular flexibility index (Phi) is 7.40. The Bertz CT molecular complexity index is 409. The quantitative estimate of drug-likeness (QED) is 0.700. The number of hydrogen-bond donors (Lipinski definition) is 0. The molecule has 0 amide bonds. The van der Waals surface area contributed by atoms with Crippen LogP contribution in [0.1, 0.15) is 51.4 Å². The van der Waals surface area contributed by atoms with Crippen molar-refractivity contribution in [3.8, 4) is 0 Å². The van der Waals surface area contributed by atoms with Gasteiger partial charge < -0.3 is 4.90 Å². The van der Waals surface area contributed by atoms with Gasteiger partial charge in [0, 0.05) is 32.4 Å². The van der Waals surface area contributed by atoms with Crippen molar-refractivity contribution in [2.75, 3.05) is 33.7 Å². The smallest absolute Gasteiger partial charge is 0.0767 e. The summed E-state index contributed by atoms with van der Waals surface area (Å²) in [6.45, 7) is 13.3. The van der Waals surface area contributed by atoms with Crippen LogP contribution in [0.2, 0.25) is 0 Å². The first kappa shape index (κ1) is 18.2. The van der Waals surface area contributed by atoms with Crippen LogP contribution >= 0.6 is 0 Å². The van der Waals surface area contributed by atoms with Crippen LogP contribution in [0.3, 0.4) is 0 Å². The summed E-state index contributed by atoms with van der Waals surface area (Å²) in [5.74, 6) is 1.32. The molecule has 0 saturated heterocycles. The Labute approximate surface area is 131 Å². The number of nitrogens with zero attached hydrogens (tertiary/aromatic N) is 4. The highest BCUT2D eigenvalue weighted by molar-refractivity contribution is 5.13. The van der Waals surface area contributed by atoms with Gasteiger partial charge in [0.1, 0.15) is 0 Å². The number of aromatic nitrogens is 2. The summed E-state index contributed by atoms with van der Waals surface area (Å²) in [5, 5.41) is 4.62. The molecule has 0 bridgehead atoms. The first-order valence-electron chi connectivity index (χ1n) is 8.19. The van der Waals surface area contributed by atoms with E-state index in [1.807, 2.05) is 11.7 Å². The Morgan fingerprint density at radius 3 is 2.19 bits per heavy atom. The summed E-state index contributed by atoms with van der Waals surface area (Å²) in [5.41, 5.74) is 2.49. The number of hydrogen-bond acceptors (Lipinski definition) is 3. The molecule has 4 heteroatoms. The molecule has 1 heterocycles. The predicted octanol–water partition coefficient (Wildman–Crippen LogP) is 2.95. The van der Waals surface area contributed by atoms with Crippen molar-refractivity contribution in [1.82, 2.24) is 19.6 Å². The van der Waals surface area contributed by atoms with E-state index in [-0.39, 0.29) is 0 Å². The van der Waals surface area contributed by atoms with Crippen LogP contribution < -0.4 is 0 Å². The van der Waals surface area contributed by atoms with Gasteiger partial charge in [0.25, 0.3) is 0 Å². The molecule has 0 radical (unpaired) electrons. The molecule has 0 spiro atoms. The normalized spacial score (nSPS) is 12.3. The second kappa shape index (κ2) is 8.54. The van der Waals surface area contributed by atoms with Crippen LogP contribution in [-0.4, -0.2) is 53.3 Å². The van der Waals surface area contributed by atoms with Crippen LogP contribution in [0.5, 0.6) is 0 Å². The van der Waals surface area contributed by atoms with Crippen LogP contribution in [-0.2, 0) is 13.6 Å². The molecule has 1 aromatic heterocycles. The molecule has 0 unspecified atom stereocenters. The summed E-state index contributed by atoms with van der Waals surface area (Å²) in [6, 6.07) is 2.24. The molecule has 0 aliphatic rings. The van der Waals surface area contributed by atoms with E-state index < -0.39 is 0 Å². The van der Waals surface area contributed by atoms with Gasteiger partial charge in [-0.15, -0.1) is 0 Å². The van der Waals surface area contributed by atoms with Crippen molar-refractivity contribution in [3.63, 3.8) is 0 Å². The summed E-state index contributed by atoms with van der Waals surface area (Å²) in [7, 11) is 6.44. The highest BCUT2D eigenvalue weighted by Gasteiger charge is 2.10. The lowest BCUT2D eigenvalue weighted by Crippen LogP contribution is -2.31. The first-order valence-corrected chi connectivity index (χ1v) is 8.19. The molecule has 122 valence electrons. The Balaban J connectivity index is 2.36. The molecule has 0 aliphatic carbocycles. The largest absolute Gasteiger partial charge is 0.305 e. The maximum absolute atomic E-state index is 4.62. The molecule has 1 rings (SSSR count). The highest BCUT2D eigenvalue weighted by Crippen LogP contribution is 2.15. The fraction of sp³-hybridized carbons (Fsp3) is 0.824. The topological polar surface area (TPSA) is 24.3 Å². The molecule has 0 fully saturated rings. The Morgan fingerprint density at radius 1 is 1.05 bits per heavy atom. The van der Waals surface area contributed by atoms with Gasteiger partial charge in [0.2, 0.25) is 0 Å². The molecular weight excluding hydrogens is 260 g/mol. The van der Waals surface area contributed by atoms with E-state index in [9.17, 15) is 0 Å². The Morgan fingerprint density at radius 2 is 1.67 bits per heavy atom. The molecule has 4 nitrogen and oxygen atoms in total. The predicted molar refractivity (Wildman–Crippen MR) is 90.6 cm³/mol. The van der Waals surface area contributed by atoms with Crippen molar-refractivity contribution in [1.29, 1.82) is 0 Å². The maximum atomic E-state index is 4.62. The molecule has 0 saturated carbocycles. The third-order valence-corrected chi connectivity index (χ3v) is 3.94. The van der Waals surface area contributed by atoms with E-state index in [2.05, 4.69) is 62.8 Å². The molecule has 0 N–H and O–H groups in total. The zero-order valence-corrected chi connectivity index (χ0v) is 15.1. The fourth-order valence-corrected chi connectivity index (χ4v) is 2.45. The van der Waals surface area contributed by atoms with Gasteiger partial charge in [-0.1, -0.05) is 27.7 Å². The monoisotopic (exact) mass is 294 g/mol. The van der Waals surface area contributed by atoms with Crippen molar-refractivity contribution in [2.45, 2.75) is 46.6 Å². The van der Waals surface area contributed by atoms with Crippen molar-refractivity contribution < 1.29 is 0 Å². The zero-order valence-electron chi connectivity index (χ0n) is 15.1. The number of aryl methyl sites for hydroxylation is 1. The average molecular weight is 294 g/mol. The molecule has 0 aliphatic heterocycles. The van der Waals surface area contributed by atoms with Gasteiger partial charge in [-0.3, -0.25) is 9.58 Å². The van der Waals surface area contributed by atoms with E-state index in [4.69, 9.17) is 0 Å². The zero-order chi connectivity index (χ0) is 16.0. The van der Waals surface area contributed by atoms with E-state index in [0.29, 0.717) is 5.92 Å². The third-order valence-electron chi connectivity index (χ3n) is 3.94. The SMILES string of the molecule is CC(C)CCN(C)CCN(C)Cc1cc(C(C)C)n(C)n1. The highest BCUT2D eigenvalue weighted by atomic mass is 15.3. The van der Waals surface area contributed by atoms with Crippen molar-refractivity contribution in [3.05, 3.63) is 17.5 Å². The van der Waals surface area contributed by atoms with Gasteiger partial charge in [0.05, 0.1) is 5.69 Å². The van der Waals surface area contributed by atoms with Crippen molar-refractivity contribution in [2.24, 2.45) is 13.0 Å². The summed E-state index contributed by atoms with van der Waals surface area (Å²) < 4.78 is 2.02. The minimum absolute atomic E-state index is 0.531. The van der Waals surface area contributed by atoms with Gasteiger partial charge in [-0.2, -0.15) is 5.10 Å². The molecule has 0 atom stereocenters. The van der Waals surface area contributed by atoms with Crippen molar-refractivity contribution >= 4 is 0 Å². The second-order valence-corrected chi connectivity index (χ2v) is 7.06. The average Bonchev–Trinajstić information content (AvgIpc) is 2.74. The minimum atomic E-state index is 0.531. The lowest BCUT2D eigenvalue weighted by molar-refractivity contribution is 0.242. The molecular formula is C17H34N4. The summed E-state index contributed by atoms with van der Waals surface area (Å²) in [4.78, 5) is 4.78. The standard InChI is InChI=1S/C17H34N4/c1-14(2)8-9-19(5)10-11-20(6)13-16-12-17(15(3)4)21(7)18-16/h12,14-15H,8-11,13H2,1-7H3. The number of likely N-dealkylation sites (N-methyl/N-ethyl adjacent to an activating group) is 2. The summed E-state index contributed by atoms with van der Waals surface area (Å²) >= 11 is 0. The van der Waals surface area contributed by atoms with Crippen LogP contribution in [0, 0.1) is 5.92 Å². The van der Waals surface area contributed by atoms with E-state index in [0.717, 1.165) is 25.6 Å². The fourth-order valence-electron chi connectivity index (χ4n) is 2.45. The lowest BCUT2D eigenvalue weighted by atomic mass is 10.1. The van der Waals surface area contributed by atoms with Crippen LogP contribution in [0.15, 0.2) is 6.07 Å². The van der Waals surface area contributed by atoms with Crippen LogP contribution in [0.4, 0.5) is 0 Å².